The predicted octanol–water partition coefficient (Wildman–Crippen LogP) is 5.73. The minimum atomic E-state index is -0.236. The highest BCUT2D eigenvalue weighted by atomic mass is 79.9. The maximum absolute atomic E-state index is 11.9. The summed E-state index contributed by atoms with van der Waals surface area (Å²) in [6.45, 7) is 4.14. The van der Waals surface area contributed by atoms with Gasteiger partial charge in [0.1, 0.15) is 0 Å². The summed E-state index contributed by atoms with van der Waals surface area (Å²) in [5.74, 6) is -0.404. The third-order valence-electron chi connectivity index (χ3n) is 3.45. The Morgan fingerprint density at radius 2 is 1.73 bits per heavy atom. The van der Waals surface area contributed by atoms with Crippen molar-refractivity contribution >= 4 is 45.4 Å². The van der Waals surface area contributed by atoms with Gasteiger partial charge in [-0.1, -0.05) is 45.5 Å². The van der Waals surface area contributed by atoms with E-state index in [0.717, 1.165) is 10.0 Å². The van der Waals surface area contributed by atoms with Gasteiger partial charge in [0.25, 0.3) is 0 Å². The van der Waals surface area contributed by atoms with E-state index in [9.17, 15) is 4.79 Å². The summed E-state index contributed by atoms with van der Waals surface area (Å²) in [5, 5.41) is 0. The molecule has 22 heavy (non-hydrogen) atoms. The van der Waals surface area contributed by atoms with Crippen molar-refractivity contribution in [2.75, 3.05) is 6.61 Å². The average Bonchev–Trinajstić information content (AvgIpc) is 2.52. The summed E-state index contributed by atoms with van der Waals surface area (Å²) < 4.78 is 6.20. The van der Waals surface area contributed by atoms with Crippen LogP contribution in [0.15, 0.2) is 60.5 Å². The first-order valence-corrected chi connectivity index (χ1v) is 9.47. The molecule has 0 saturated carbocycles. The maximum atomic E-state index is 11.9. The molecule has 0 saturated heterocycles. The number of esters is 1. The average molecular weight is 395 g/mol. The molecule has 0 radical (unpaired) electrons. The van der Waals surface area contributed by atoms with Crippen LogP contribution in [0.1, 0.15) is 25.3 Å². The topological polar surface area (TPSA) is 26.3 Å². The van der Waals surface area contributed by atoms with Crippen molar-refractivity contribution in [3.63, 3.8) is 0 Å². The summed E-state index contributed by atoms with van der Waals surface area (Å²) in [7, 11) is 0. The molecule has 0 fully saturated rings. The van der Waals surface area contributed by atoms with Gasteiger partial charge in [-0.05, 0) is 49.7 Å². The summed E-state index contributed by atoms with van der Waals surface area (Å²) in [4.78, 5) is 16.9. The molecule has 1 aliphatic heterocycles. The zero-order valence-electron chi connectivity index (χ0n) is 12.3. The number of carbonyl (C=O) groups excluding carboxylic acids is 1. The van der Waals surface area contributed by atoms with Crippen LogP contribution in [-0.4, -0.2) is 12.6 Å². The number of carbonyl (C=O) groups is 1. The number of halogens is 1. The van der Waals surface area contributed by atoms with E-state index in [-0.39, 0.29) is 11.9 Å². The van der Waals surface area contributed by atoms with E-state index >= 15 is 0 Å². The van der Waals surface area contributed by atoms with E-state index in [1.54, 1.807) is 23.5 Å². The molecular weight excluding hydrogens is 380 g/mol. The first-order valence-electron chi connectivity index (χ1n) is 7.04. The summed E-state index contributed by atoms with van der Waals surface area (Å²) in [5.41, 5.74) is 1.00. The second-order valence-electron chi connectivity index (χ2n) is 4.98. The van der Waals surface area contributed by atoms with Crippen LogP contribution in [0.3, 0.4) is 0 Å². The largest absolute Gasteiger partial charge is 0.466 e. The molecule has 114 valence electrons. The third-order valence-corrected chi connectivity index (χ3v) is 6.47. The molecule has 0 aromatic heterocycles. The van der Waals surface area contributed by atoms with Crippen molar-refractivity contribution in [1.29, 1.82) is 0 Å². The van der Waals surface area contributed by atoms with Crippen molar-refractivity contribution in [2.45, 2.75) is 39.3 Å². The van der Waals surface area contributed by atoms with E-state index in [1.165, 1.54) is 19.6 Å². The van der Waals surface area contributed by atoms with Crippen LogP contribution >= 0.6 is 39.5 Å². The second-order valence-corrected chi connectivity index (χ2v) is 8.06. The number of rotatable bonds is 3. The van der Waals surface area contributed by atoms with Gasteiger partial charge < -0.3 is 4.74 Å². The van der Waals surface area contributed by atoms with Crippen molar-refractivity contribution in [3.8, 4) is 0 Å². The Morgan fingerprint density at radius 3 is 2.45 bits per heavy atom. The highest BCUT2D eigenvalue weighted by molar-refractivity contribution is 9.10. The molecule has 1 atom stereocenters. The van der Waals surface area contributed by atoms with Crippen molar-refractivity contribution < 1.29 is 9.53 Å². The van der Waals surface area contributed by atoms with E-state index in [2.05, 4.69) is 46.3 Å². The fraction of sp³-hybridized carbons (Fsp3) is 0.235. The van der Waals surface area contributed by atoms with Gasteiger partial charge in [0.15, 0.2) is 0 Å². The van der Waals surface area contributed by atoms with Gasteiger partial charge in [-0.2, -0.15) is 0 Å². The van der Waals surface area contributed by atoms with Crippen LogP contribution in [0.4, 0.5) is 0 Å². The number of benzene rings is 2. The Bertz CT molecular complexity index is 731. The lowest BCUT2D eigenvalue weighted by molar-refractivity contribution is -0.144. The van der Waals surface area contributed by atoms with Gasteiger partial charge in [0, 0.05) is 24.1 Å². The van der Waals surface area contributed by atoms with Gasteiger partial charge in [-0.3, -0.25) is 4.79 Å². The van der Waals surface area contributed by atoms with Gasteiger partial charge in [-0.15, -0.1) is 0 Å². The van der Waals surface area contributed by atoms with Crippen molar-refractivity contribution in [1.82, 2.24) is 0 Å². The summed E-state index contributed by atoms with van der Waals surface area (Å²) in [6, 6.07) is 12.6. The van der Waals surface area contributed by atoms with Gasteiger partial charge >= 0.3 is 5.97 Å². The lowest BCUT2D eigenvalue weighted by Gasteiger charge is -2.20. The molecular formula is C17H15BrO2S2. The Morgan fingerprint density at radius 1 is 1.09 bits per heavy atom. The first-order chi connectivity index (χ1) is 10.6. The molecule has 2 nitrogen and oxygen atoms in total. The number of fused-ring (bicyclic) bond motifs is 2. The third kappa shape index (κ3) is 3.21. The van der Waals surface area contributed by atoms with E-state index in [0.29, 0.717) is 6.61 Å². The minimum Gasteiger partial charge on any atom is -0.466 e. The lowest BCUT2D eigenvalue weighted by Crippen LogP contribution is -2.13. The lowest BCUT2D eigenvalue weighted by atomic mass is 10.0. The van der Waals surface area contributed by atoms with E-state index in [4.69, 9.17) is 4.74 Å². The molecule has 3 rings (SSSR count). The number of ether oxygens (including phenoxy) is 1. The minimum absolute atomic E-state index is 0.168. The highest BCUT2D eigenvalue weighted by Gasteiger charge is 2.21. The molecule has 1 unspecified atom stereocenters. The molecule has 2 aromatic carbocycles. The Hall–Kier alpha value is -0.910. The monoisotopic (exact) mass is 394 g/mol. The fourth-order valence-electron chi connectivity index (χ4n) is 2.24. The molecule has 0 N–H and O–H groups in total. The van der Waals surface area contributed by atoms with Gasteiger partial charge in [0.2, 0.25) is 0 Å². The van der Waals surface area contributed by atoms with Gasteiger partial charge in [0.05, 0.1) is 12.5 Å². The van der Waals surface area contributed by atoms with Crippen molar-refractivity contribution in [3.05, 3.63) is 46.4 Å². The SMILES string of the molecule is CCOC(=O)C(C)c1ccc2c(c1)Sc1cc(Br)ccc1S2. The highest BCUT2D eigenvalue weighted by Crippen LogP contribution is 2.49. The zero-order valence-corrected chi connectivity index (χ0v) is 15.5. The number of hydrogen-bond donors (Lipinski definition) is 0. The standard InChI is InChI=1S/C17H15BrO2S2/c1-3-20-17(19)10(2)11-4-6-13-15(8-11)22-16-9-12(18)5-7-14(16)21-13/h4-10H,3H2,1-2H3. The normalized spacial score (nSPS) is 14.0. The van der Waals surface area contributed by atoms with E-state index in [1.807, 2.05) is 19.9 Å². The molecule has 1 aliphatic rings. The van der Waals surface area contributed by atoms with Crippen LogP contribution in [-0.2, 0) is 9.53 Å². The summed E-state index contributed by atoms with van der Waals surface area (Å²) >= 11 is 7.04. The molecule has 0 bridgehead atoms. The molecule has 1 heterocycles. The van der Waals surface area contributed by atoms with Crippen molar-refractivity contribution in [2.24, 2.45) is 0 Å². The van der Waals surface area contributed by atoms with Crippen LogP contribution < -0.4 is 0 Å². The maximum Gasteiger partial charge on any atom is 0.313 e. The molecule has 5 heteroatoms. The van der Waals surface area contributed by atoms with Crippen LogP contribution in [0.5, 0.6) is 0 Å². The number of hydrogen-bond acceptors (Lipinski definition) is 4. The molecule has 2 aromatic rings. The van der Waals surface area contributed by atoms with Crippen LogP contribution in [0, 0.1) is 0 Å². The first kappa shape index (κ1) is 16.0. The Kier molecular flexibility index (Phi) is 4.85. The Labute approximate surface area is 147 Å². The molecule has 0 aliphatic carbocycles. The second kappa shape index (κ2) is 6.69. The fourth-order valence-corrected chi connectivity index (χ4v) is 5.04. The molecule has 0 amide bonds. The smallest absolute Gasteiger partial charge is 0.313 e. The van der Waals surface area contributed by atoms with Crippen LogP contribution in [0.2, 0.25) is 0 Å². The predicted molar refractivity (Wildman–Crippen MR) is 93.9 cm³/mol. The Balaban J connectivity index is 1.89. The zero-order chi connectivity index (χ0) is 15.7. The van der Waals surface area contributed by atoms with Crippen LogP contribution in [0.25, 0.3) is 0 Å². The van der Waals surface area contributed by atoms with E-state index < -0.39 is 0 Å². The summed E-state index contributed by atoms with van der Waals surface area (Å²) in [6.07, 6.45) is 0. The molecule has 0 spiro atoms. The van der Waals surface area contributed by atoms with Gasteiger partial charge in [-0.25, -0.2) is 0 Å². The quantitative estimate of drug-likeness (QED) is 0.529.